The summed E-state index contributed by atoms with van der Waals surface area (Å²) >= 11 is 1.05. The third-order valence-corrected chi connectivity index (χ3v) is 5.89. The van der Waals surface area contributed by atoms with Crippen LogP contribution in [0.3, 0.4) is 0 Å². The van der Waals surface area contributed by atoms with Crippen molar-refractivity contribution in [3.05, 3.63) is 59.7 Å². The molecule has 4 rings (SSSR count). The van der Waals surface area contributed by atoms with Gasteiger partial charge >= 0.3 is 0 Å². The van der Waals surface area contributed by atoms with Gasteiger partial charge in [-0.3, -0.25) is 14.9 Å². The maximum absolute atomic E-state index is 11.7. The van der Waals surface area contributed by atoms with E-state index in [2.05, 4.69) is 18.3 Å². The van der Waals surface area contributed by atoms with Crippen LogP contribution in [0.1, 0.15) is 24.5 Å². The molecule has 2 atom stereocenters. The van der Waals surface area contributed by atoms with Gasteiger partial charge in [-0.2, -0.15) is 0 Å². The molecule has 2 heterocycles. The van der Waals surface area contributed by atoms with Crippen LogP contribution in [0.2, 0.25) is 0 Å². The quantitative estimate of drug-likeness (QED) is 0.772. The van der Waals surface area contributed by atoms with E-state index in [9.17, 15) is 9.59 Å². The molecule has 1 radical (unpaired) electrons. The maximum atomic E-state index is 11.7. The summed E-state index contributed by atoms with van der Waals surface area (Å²) in [5, 5.41) is 1.69. The van der Waals surface area contributed by atoms with Crippen LogP contribution in [0.25, 0.3) is 0 Å². The van der Waals surface area contributed by atoms with Gasteiger partial charge in [-0.05, 0) is 55.5 Å². The third kappa shape index (κ3) is 4.92. The maximum Gasteiger partial charge on any atom is 0.286 e. The second-order valence-electron chi connectivity index (χ2n) is 7.18. The summed E-state index contributed by atoms with van der Waals surface area (Å²) in [4.78, 5) is 22.9. The van der Waals surface area contributed by atoms with E-state index in [1.165, 1.54) is 5.56 Å². The van der Waals surface area contributed by atoms with Crippen molar-refractivity contribution in [2.45, 2.75) is 37.0 Å². The smallest absolute Gasteiger partial charge is 0.286 e. The van der Waals surface area contributed by atoms with Crippen molar-refractivity contribution in [2.24, 2.45) is 0 Å². The first kappa shape index (κ1) is 21.2. The van der Waals surface area contributed by atoms with Crippen molar-refractivity contribution in [3.63, 3.8) is 0 Å². The second kappa shape index (κ2) is 8.91. The van der Waals surface area contributed by atoms with Gasteiger partial charge in [0.15, 0.2) is 0 Å². The van der Waals surface area contributed by atoms with Gasteiger partial charge in [0.1, 0.15) is 23.7 Å². The number of thioether (sulfide) groups is 1. The molecule has 2 aromatic rings. The molecule has 0 aliphatic carbocycles. The molecule has 0 saturated carbocycles. The normalized spacial score (nSPS) is 23.2. The molecule has 1 fully saturated rings. The van der Waals surface area contributed by atoms with Crippen molar-refractivity contribution in [3.8, 4) is 11.5 Å². The SMILES string of the molecule is CC1(COc2ccc(CC3SC(=O)NC3=O)cc2)CCc2ccccc2O1.[Na]. The fourth-order valence-corrected chi connectivity index (χ4v) is 4.19. The monoisotopic (exact) mass is 406 g/mol. The van der Waals surface area contributed by atoms with Gasteiger partial charge in [-0.15, -0.1) is 0 Å². The number of ether oxygens (including phenoxy) is 2. The van der Waals surface area contributed by atoms with Crippen molar-refractivity contribution in [1.82, 2.24) is 5.32 Å². The molecule has 28 heavy (non-hydrogen) atoms. The molecule has 2 amide bonds. The number of nitrogens with one attached hydrogen (secondary N) is 1. The summed E-state index contributed by atoms with van der Waals surface area (Å²) in [7, 11) is 0. The number of hydrogen-bond donors (Lipinski definition) is 1. The van der Waals surface area contributed by atoms with Crippen LogP contribution in [-0.2, 0) is 17.6 Å². The number of hydrogen-bond acceptors (Lipinski definition) is 5. The summed E-state index contributed by atoms with van der Waals surface area (Å²) < 4.78 is 12.1. The molecule has 2 aliphatic rings. The molecule has 5 nitrogen and oxygen atoms in total. The van der Waals surface area contributed by atoms with Crippen LogP contribution in [0.5, 0.6) is 11.5 Å². The summed E-state index contributed by atoms with van der Waals surface area (Å²) in [6.45, 7) is 2.54. The van der Waals surface area contributed by atoms with E-state index in [-0.39, 0.29) is 51.6 Å². The zero-order valence-electron chi connectivity index (χ0n) is 16.1. The Kier molecular flexibility index (Phi) is 6.76. The molecule has 1 saturated heterocycles. The first-order valence-electron chi connectivity index (χ1n) is 9.01. The van der Waals surface area contributed by atoms with Crippen LogP contribution >= 0.6 is 11.8 Å². The van der Waals surface area contributed by atoms with E-state index in [0.29, 0.717) is 13.0 Å². The molecule has 2 aliphatic heterocycles. The van der Waals surface area contributed by atoms with E-state index in [4.69, 9.17) is 9.47 Å². The Morgan fingerprint density at radius 2 is 1.93 bits per heavy atom. The molecule has 0 aromatic heterocycles. The number of fused-ring (bicyclic) bond motifs is 1. The van der Waals surface area contributed by atoms with Crippen molar-refractivity contribution in [2.75, 3.05) is 6.61 Å². The van der Waals surface area contributed by atoms with E-state index in [1.54, 1.807) is 0 Å². The van der Waals surface area contributed by atoms with Gasteiger partial charge in [0.2, 0.25) is 5.91 Å². The Labute approximate surface area is 190 Å². The fraction of sp³-hybridized carbons (Fsp3) is 0.333. The number of para-hydroxylation sites is 1. The van der Waals surface area contributed by atoms with Crippen molar-refractivity contribution in [1.29, 1.82) is 0 Å². The molecule has 2 unspecified atom stereocenters. The third-order valence-electron chi connectivity index (χ3n) is 4.91. The second-order valence-corrected chi connectivity index (χ2v) is 8.36. The predicted molar refractivity (Wildman–Crippen MR) is 110 cm³/mol. The first-order valence-corrected chi connectivity index (χ1v) is 9.89. The molecule has 0 bridgehead atoms. The Morgan fingerprint density at radius 3 is 2.64 bits per heavy atom. The number of carbonyl (C=O) groups excluding carboxylic acids is 2. The summed E-state index contributed by atoms with van der Waals surface area (Å²) in [6, 6.07) is 15.8. The average molecular weight is 406 g/mol. The van der Waals surface area contributed by atoms with E-state index >= 15 is 0 Å². The Morgan fingerprint density at radius 1 is 1.18 bits per heavy atom. The van der Waals surface area contributed by atoms with Gasteiger partial charge in [0, 0.05) is 29.6 Å². The number of amides is 2. The zero-order chi connectivity index (χ0) is 18.9. The van der Waals surface area contributed by atoms with Crippen molar-refractivity contribution < 1.29 is 19.1 Å². The van der Waals surface area contributed by atoms with Crippen LogP contribution < -0.4 is 14.8 Å². The minimum atomic E-state index is -0.355. The number of benzene rings is 2. The van der Waals surface area contributed by atoms with Crippen LogP contribution in [0.4, 0.5) is 4.79 Å². The Bertz CT molecular complexity index is 873. The summed E-state index contributed by atoms with van der Waals surface area (Å²) in [5.74, 6) is 1.49. The Balaban J connectivity index is 0.00000225. The zero-order valence-corrected chi connectivity index (χ0v) is 18.9. The summed E-state index contributed by atoms with van der Waals surface area (Å²) in [6.07, 6.45) is 2.42. The van der Waals surface area contributed by atoms with E-state index < -0.39 is 0 Å². The fourth-order valence-electron chi connectivity index (χ4n) is 3.33. The molecule has 1 N–H and O–H groups in total. The number of aryl methyl sites for hydroxylation is 1. The minimum absolute atomic E-state index is 0. The molecule has 7 heteroatoms. The van der Waals surface area contributed by atoms with Gasteiger partial charge in [0.25, 0.3) is 5.24 Å². The minimum Gasteiger partial charge on any atom is -0.489 e. The van der Waals surface area contributed by atoms with Crippen LogP contribution in [0.15, 0.2) is 48.5 Å². The molecule has 141 valence electrons. The Hall–Kier alpha value is -1.47. The van der Waals surface area contributed by atoms with E-state index in [0.717, 1.165) is 41.7 Å². The molecular weight excluding hydrogens is 385 g/mol. The summed E-state index contributed by atoms with van der Waals surface area (Å²) in [5.41, 5.74) is 1.89. The predicted octanol–water partition coefficient (Wildman–Crippen LogP) is 3.36. The van der Waals surface area contributed by atoms with Crippen LogP contribution in [-0.4, -0.2) is 58.2 Å². The van der Waals surface area contributed by atoms with E-state index in [1.807, 2.05) is 42.5 Å². The van der Waals surface area contributed by atoms with Crippen molar-refractivity contribution >= 4 is 52.5 Å². The molecule has 2 aromatic carbocycles. The molecule has 0 spiro atoms. The topological polar surface area (TPSA) is 64.6 Å². The standard InChI is InChI=1S/C21H21NO4S.Na/c1-21(11-10-15-4-2-3-5-17(15)26-21)13-25-16-8-6-14(7-9-16)12-18-19(23)22-20(24)27-18;/h2-9,18H,10-13H2,1H3,(H,22,23,24);. The average Bonchev–Trinajstić information content (AvgIpc) is 2.98. The number of imide groups is 1. The number of rotatable bonds is 5. The first-order chi connectivity index (χ1) is 13.0. The van der Waals surface area contributed by atoms with Gasteiger partial charge in [0.05, 0.1) is 5.25 Å². The molecular formula is C21H21NNaO4S. The van der Waals surface area contributed by atoms with Gasteiger partial charge < -0.3 is 9.47 Å². The largest absolute Gasteiger partial charge is 0.489 e. The number of carbonyl (C=O) groups is 2. The van der Waals surface area contributed by atoms with Gasteiger partial charge in [-0.25, -0.2) is 0 Å². The van der Waals surface area contributed by atoms with Gasteiger partial charge in [-0.1, -0.05) is 42.1 Å². The van der Waals surface area contributed by atoms with Crippen LogP contribution in [0, 0.1) is 0 Å².